The minimum absolute atomic E-state index is 0.0210. The summed E-state index contributed by atoms with van der Waals surface area (Å²) < 4.78 is 1.59. The quantitative estimate of drug-likeness (QED) is 0.764. The van der Waals surface area contributed by atoms with Crippen LogP contribution in [0, 0.1) is 0 Å². The number of rotatable bonds is 4. The molecule has 3 heterocycles. The second-order valence-corrected chi connectivity index (χ2v) is 6.67. The van der Waals surface area contributed by atoms with Crippen molar-refractivity contribution in [2.75, 3.05) is 18.0 Å². The topological polar surface area (TPSA) is 66.0 Å². The second-order valence-electron chi connectivity index (χ2n) is 6.67. The Morgan fingerprint density at radius 3 is 2.96 bits per heavy atom. The highest BCUT2D eigenvalue weighted by atomic mass is 16.1. The molecule has 1 aliphatic heterocycles. The third-order valence-corrected chi connectivity index (χ3v) is 5.05. The number of fused-ring (bicyclic) bond motifs is 1. The van der Waals surface area contributed by atoms with E-state index < -0.39 is 0 Å². The van der Waals surface area contributed by atoms with E-state index in [1.165, 1.54) is 16.5 Å². The number of aryl methyl sites for hydroxylation is 1. The van der Waals surface area contributed by atoms with Crippen LogP contribution in [0.3, 0.4) is 0 Å². The molecule has 0 radical (unpaired) electrons. The summed E-state index contributed by atoms with van der Waals surface area (Å²) in [6, 6.07) is 8.96. The Morgan fingerprint density at radius 1 is 1.28 bits per heavy atom. The van der Waals surface area contributed by atoms with E-state index in [-0.39, 0.29) is 5.56 Å². The summed E-state index contributed by atoms with van der Waals surface area (Å²) in [5, 5.41) is 4.92. The van der Waals surface area contributed by atoms with Gasteiger partial charge in [0.25, 0.3) is 5.56 Å². The molecule has 3 aromatic rings. The summed E-state index contributed by atoms with van der Waals surface area (Å²) in [5.74, 6) is 0.569. The molecule has 0 spiro atoms. The number of anilines is 1. The maximum absolute atomic E-state index is 12.2. The zero-order valence-electron chi connectivity index (χ0n) is 14.4. The van der Waals surface area contributed by atoms with Crippen molar-refractivity contribution in [2.24, 2.45) is 7.05 Å². The van der Waals surface area contributed by atoms with Crippen LogP contribution < -0.4 is 15.8 Å². The lowest BCUT2D eigenvalue weighted by Crippen LogP contribution is -2.44. The Hall–Kier alpha value is -2.60. The molecule has 130 valence electrons. The number of piperidine rings is 1. The van der Waals surface area contributed by atoms with Gasteiger partial charge in [0.1, 0.15) is 0 Å². The highest BCUT2D eigenvalue weighted by Crippen LogP contribution is 2.19. The van der Waals surface area contributed by atoms with Crippen LogP contribution in [-0.4, -0.2) is 33.7 Å². The second kappa shape index (κ2) is 6.72. The number of H-pyrrole nitrogens is 1. The lowest BCUT2D eigenvalue weighted by Gasteiger charge is -2.33. The first-order chi connectivity index (χ1) is 12.2. The van der Waals surface area contributed by atoms with Crippen molar-refractivity contribution in [3.05, 3.63) is 58.8 Å². The number of hydrogen-bond donors (Lipinski definition) is 2. The van der Waals surface area contributed by atoms with Gasteiger partial charge in [0.2, 0.25) is 0 Å². The third kappa shape index (κ3) is 3.17. The number of para-hydroxylation sites is 1. The first-order valence-electron chi connectivity index (χ1n) is 8.77. The fourth-order valence-corrected chi connectivity index (χ4v) is 3.55. The zero-order valence-corrected chi connectivity index (χ0v) is 14.4. The Morgan fingerprint density at radius 2 is 2.12 bits per heavy atom. The minimum atomic E-state index is -0.0210. The molecule has 1 aliphatic rings. The molecule has 6 heteroatoms. The molecular formula is C19H23N5O. The van der Waals surface area contributed by atoms with Gasteiger partial charge in [0.05, 0.1) is 0 Å². The first-order valence-corrected chi connectivity index (χ1v) is 8.77. The van der Waals surface area contributed by atoms with Gasteiger partial charge in [0.15, 0.2) is 5.82 Å². The van der Waals surface area contributed by atoms with Crippen LogP contribution >= 0.6 is 0 Å². The van der Waals surface area contributed by atoms with Gasteiger partial charge in [-0.05, 0) is 29.9 Å². The van der Waals surface area contributed by atoms with Gasteiger partial charge in [-0.25, -0.2) is 4.98 Å². The van der Waals surface area contributed by atoms with Crippen molar-refractivity contribution in [3.8, 4) is 0 Å². The molecule has 2 aromatic heterocycles. The van der Waals surface area contributed by atoms with Gasteiger partial charge in [-0.15, -0.1) is 0 Å². The number of aromatic amines is 1. The maximum atomic E-state index is 12.2. The fraction of sp³-hybridized carbons (Fsp3) is 0.368. The number of hydrogen-bond acceptors (Lipinski definition) is 4. The fourth-order valence-electron chi connectivity index (χ4n) is 3.55. The van der Waals surface area contributed by atoms with Crippen LogP contribution in [0.1, 0.15) is 18.4 Å². The Balaban J connectivity index is 1.37. The van der Waals surface area contributed by atoms with Gasteiger partial charge < -0.3 is 19.8 Å². The normalized spacial score (nSPS) is 15.8. The van der Waals surface area contributed by atoms with Crippen molar-refractivity contribution in [1.29, 1.82) is 0 Å². The standard InChI is InChI=1S/C19H23N5O/c1-23-12-9-21-18(19(23)25)24-10-6-16(7-11-24)22-13-15-4-2-3-14-5-8-20-17(14)15/h2-5,8-9,12,16,20,22H,6-7,10-11,13H2,1H3. The first kappa shape index (κ1) is 15.9. The minimum Gasteiger partial charge on any atom is -0.361 e. The molecule has 0 amide bonds. The summed E-state index contributed by atoms with van der Waals surface area (Å²) in [7, 11) is 1.77. The van der Waals surface area contributed by atoms with Gasteiger partial charge >= 0.3 is 0 Å². The summed E-state index contributed by atoms with van der Waals surface area (Å²) in [4.78, 5) is 21.9. The Kier molecular flexibility index (Phi) is 4.28. The van der Waals surface area contributed by atoms with Crippen molar-refractivity contribution >= 4 is 16.7 Å². The van der Waals surface area contributed by atoms with E-state index in [9.17, 15) is 4.79 Å². The van der Waals surface area contributed by atoms with Crippen LogP contribution in [0.2, 0.25) is 0 Å². The van der Waals surface area contributed by atoms with E-state index in [0.717, 1.165) is 32.5 Å². The molecule has 0 saturated carbocycles. The smallest absolute Gasteiger partial charge is 0.293 e. The summed E-state index contributed by atoms with van der Waals surface area (Å²) in [6.07, 6.45) is 7.40. The SMILES string of the molecule is Cn1ccnc(N2CCC(NCc3cccc4cc[nH]c34)CC2)c1=O. The zero-order chi connectivity index (χ0) is 17.2. The average molecular weight is 337 g/mol. The average Bonchev–Trinajstić information content (AvgIpc) is 3.12. The molecule has 0 bridgehead atoms. The Labute approximate surface area is 146 Å². The number of nitrogens with zero attached hydrogens (tertiary/aromatic N) is 3. The summed E-state index contributed by atoms with van der Waals surface area (Å²) in [6.45, 7) is 2.57. The molecule has 1 aromatic carbocycles. The van der Waals surface area contributed by atoms with Gasteiger partial charge in [-0.2, -0.15) is 0 Å². The van der Waals surface area contributed by atoms with Crippen LogP contribution in [-0.2, 0) is 13.6 Å². The van der Waals surface area contributed by atoms with E-state index in [0.29, 0.717) is 11.9 Å². The third-order valence-electron chi connectivity index (χ3n) is 5.05. The molecular weight excluding hydrogens is 314 g/mol. The van der Waals surface area contributed by atoms with Crippen LogP contribution in [0.25, 0.3) is 10.9 Å². The van der Waals surface area contributed by atoms with Crippen molar-refractivity contribution < 1.29 is 0 Å². The van der Waals surface area contributed by atoms with Crippen LogP contribution in [0.5, 0.6) is 0 Å². The van der Waals surface area contributed by atoms with Crippen LogP contribution in [0.15, 0.2) is 47.7 Å². The number of aromatic nitrogens is 3. The lowest BCUT2D eigenvalue weighted by atomic mass is 10.0. The molecule has 0 aliphatic carbocycles. The molecule has 2 N–H and O–H groups in total. The maximum Gasteiger partial charge on any atom is 0.293 e. The number of nitrogens with one attached hydrogen (secondary N) is 2. The van der Waals surface area contributed by atoms with E-state index in [1.807, 2.05) is 6.20 Å². The van der Waals surface area contributed by atoms with Gasteiger partial charge in [0, 0.05) is 56.8 Å². The molecule has 0 unspecified atom stereocenters. The summed E-state index contributed by atoms with van der Waals surface area (Å²) in [5.41, 5.74) is 2.49. The van der Waals surface area contributed by atoms with E-state index in [2.05, 4.69) is 44.5 Å². The van der Waals surface area contributed by atoms with Crippen LogP contribution in [0.4, 0.5) is 5.82 Å². The van der Waals surface area contributed by atoms with Gasteiger partial charge in [-0.3, -0.25) is 4.79 Å². The molecule has 25 heavy (non-hydrogen) atoms. The van der Waals surface area contributed by atoms with Gasteiger partial charge in [-0.1, -0.05) is 18.2 Å². The molecule has 4 rings (SSSR count). The highest BCUT2D eigenvalue weighted by Gasteiger charge is 2.22. The highest BCUT2D eigenvalue weighted by molar-refractivity contribution is 5.82. The molecule has 1 saturated heterocycles. The van der Waals surface area contributed by atoms with E-state index >= 15 is 0 Å². The predicted molar refractivity (Wildman–Crippen MR) is 99.9 cm³/mol. The van der Waals surface area contributed by atoms with Crippen molar-refractivity contribution in [3.63, 3.8) is 0 Å². The van der Waals surface area contributed by atoms with E-state index in [1.54, 1.807) is 24.0 Å². The Bertz CT molecular complexity index is 921. The number of benzene rings is 1. The monoisotopic (exact) mass is 337 g/mol. The predicted octanol–water partition coefficient (Wildman–Crippen LogP) is 2.02. The van der Waals surface area contributed by atoms with Crippen molar-refractivity contribution in [1.82, 2.24) is 19.9 Å². The van der Waals surface area contributed by atoms with E-state index in [4.69, 9.17) is 0 Å². The molecule has 1 fully saturated rings. The molecule has 0 atom stereocenters. The lowest BCUT2D eigenvalue weighted by molar-refractivity contribution is 0.412. The largest absolute Gasteiger partial charge is 0.361 e. The summed E-state index contributed by atoms with van der Waals surface area (Å²) >= 11 is 0. The van der Waals surface area contributed by atoms with Crippen molar-refractivity contribution in [2.45, 2.75) is 25.4 Å². The molecule has 6 nitrogen and oxygen atoms in total.